The Kier molecular flexibility index (Phi) is 5.34. The van der Waals surface area contributed by atoms with E-state index in [0.29, 0.717) is 34.5 Å². The van der Waals surface area contributed by atoms with Gasteiger partial charge in [-0.05, 0) is 123 Å². The van der Waals surface area contributed by atoms with Gasteiger partial charge in [0.25, 0.3) is 0 Å². The highest BCUT2D eigenvalue weighted by molar-refractivity contribution is 5.35. The standard InChI is InChI=1S/C31H48O2/c1-8-29-15-13-22(21(4)9-10-23(32)20(2)3)28(29,7)17-18-31-19-30(31)16-14-26(33)27(5,6)24(30)11-12-25(29)31/h1,21-26,32-33H,2,9-19H2,3-7H3. The topological polar surface area (TPSA) is 40.5 Å². The summed E-state index contributed by atoms with van der Waals surface area (Å²) in [4.78, 5) is 0. The Morgan fingerprint density at radius 1 is 1.00 bits per heavy atom. The fraction of sp³-hybridized carbons (Fsp3) is 0.871. The maximum Gasteiger partial charge on any atom is 0.0744 e. The molecule has 0 aromatic rings. The van der Waals surface area contributed by atoms with Crippen LogP contribution in [0.15, 0.2) is 12.2 Å². The number of rotatable bonds is 5. The van der Waals surface area contributed by atoms with Crippen LogP contribution in [0.3, 0.4) is 0 Å². The molecule has 2 spiro atoms. The molecule has 0 heterocycles. The number of hydrogen-bond acceptors (Lipinski definition) is 2. The summed E-state index contributed by atoms with van der Waals surface area (Å²) in [7, 11) is 0. The third kappa shape index (κ3) is 2.82. The molecule has 10 atom stereocenters. The summed E-state index contributed by atoms with van der Waals surface area (Å²) in [5.74, 6) is 6.10. The summed E-state index contributed by atoms with van der Waals surface area (Å²) in [6, 6.07) is 0. The van der Waals surface area contributed by atoms with Crippen molar-refractivity contribution in [2.45, 2.75) is 117 Å². The summed E-state index contributed by atoms with van der Waals surface area (Å²) >= 11 is 0. The summed E-state index contributed by atoms with van der Waals surface area (Å²) in [6.45, 7) is 15.5. The summed E-state index contributed by atoms with van der Waals surface area (Å²) in [5.41, 5.74) is 2.05. The van der Waals surface area contributed by atoms with E-state index in [2.05, 4.69) is 40.2 Å². The van der Waals surface area contributed by atoms with Gasteiger partial charge in [-0.2, -0.15) is 0 Å². The lowest BCUT2D eigenvalue weighted by Crippen LogP contribution is -2.58. The van der Waals surface area contributed by atoms with E-state index in [1.807, 2.05) is 6.92 Å². The van der Waals surface area contributed by atoms with E-state index in [1.54, 1.807) is 0 Å². The molecule has 0 radical (unpaired) electrons. The lowest BCUT2D eigenvalue weighted by molar-refractivity contribution is -0.149. The maximum atomic E-state index is 10.9. The van der Waals surface area contributed by atoms with E-state index in [0.717, 1.165) is 24.8 Å². The Bertz CT molecular complexity index is 867. The van der Waals surface area contributed by atoms with E-state index in [9.17, 15) is 10.2 Å². The monoisotopic (exact) mass is 452 g/mol. The van der Waals surface area contributed by atoms with Gasteiger partial charge in [0.1, 0.15) is 0 Å². The largest absolute Gasteiger partial charge is 0.393 e. The van der Waals surface area contributed by atoms with E-state index in [4.69, 9.17) is 6.42 Å². The van der Waals surface area contributed by atoms with Crippen LogP contribution in [0, 0.1) is 63.1 Å². The zero-order valence-corrected chi connectivity index (χ0v) is 21.9. The van der Waals surface area contributed by atoms with Gasteiger partial charge in [0.2, 0.25) is 0 Å². The number of aliphatic hydroxyl groups is 2. The fourth-order valence-corrected chi connectivity index (χ4v) is 11.1. The Hall–Kier alpha value is -0.780. The van der Waals surface area contributed by atoms with E-state index in [-0.39, 0.29) is 28.5 Å². The van der Waals surface area contributed by atoms with Gasteiger partial charge < -0.3 is 10.2 Å². The highest BCUT2D eigenvalue weighted by Crippen LogP contribution is 2.89. The van der Waals surface area contributed by atoms with Crippen molar-refractivity contribution in [2.75, 3.05) is 0 Å². The first-order valence-corrected chi connectivity index (χ1v) is 13.9. The van der Waals surface area contributed by atoms with Crippen molar-refractivity contribution in [2.24, 2.45) is 50.7 Å². The molecule has 0 aromatic heterocycles. The number of terminal acetylenes is 1. The van der Waals surface area contributed by atoms with Crippen LogP contribution >= 0.6 is 0 Å². The Morgan fingerprint density at radius 3 is 2.33 bits per heavy atom. The molecule has 184 valence electrons. The number of fused-ring (bicyclic) bond motifs is 2. The molecule has 5 aliphatic rings. The van der Waals surface area contributed by atoms with E-state index < -0.39 is 0 Å². The molecule has 10 unspecified atom stereocenters. The SMILES string of the molecule is C#CC12CCC(C(C)CCC(O)C(=C)C)C1(C)CCC13CC14CCC(O)C(C)(C)C4CCC23. The molecule has 5 saturated carbocycles. The van der Waals surface area contributed by atoms with Crippen LogP contribution in [0.25, 0.3) is 0 Å². The lowest BCUT2D eigenvalue weighted by atomic mass is 9.41. The summed E-state index contributed by atoms with van der Waals surface area (Å²) in [5, 5.41) is 21.2. The molecular formula is C31H48O2. The molecule has 0 bridgehead atoms. The third-order valence-electron chi connectivity index (χ3n) is 13.0. The first kappa shape index (κ1) is 23.9. The molecule has 0 saturated heterocycles. The molecular weight excluding hydrogens is 404 g/mol. The van der Waals surface area contributed by atoms with Gasteiger partial charge in [0.15, 0.2) is 0 Å². The number of hydrogen-bond donors (Lipinski definition) is 2. The average molecular weight is 453 g/mol. The first-order valence-electron chi connectivity index (χ1n) is 13.9. The van der Waals surface area contributed by atoms with Crippen LogP contribution in [-0.2, 0) is 0 Å². The molecule has 33 heavy (non-hydrogen) atoms. The van der Waals surface area contributed by atoms with Gasteiger partial charge in [0, 0.05) is 5.41 Å². The predicted octanol–water partition coefficient (Wildman–Crippen LogP) is 6.75. The molecule has 2 heteroatoms. The molecule has 2 N–H and O–H groups in total. The quantitative estimate of drug-likeness (QED) is 0.358. The zero-order valence-electron chi connectivity index (χ0n) is 21.9. The minimum absolute atomic E-state index is 0.0336. The molecule has 5 rings (SSSR count). The third-order valence-corrected chi connectivity index (χ3v) is 13.0. The molecule has 0 aromatic carbocycles. The van der Waals surface area contributed by atoms with Gasteiger partial charge in [0.05, 0.1) is 12.2 Å². The normalized spacial score (nSPS) is 51.2. The Labute approximate surface area is 203 Å². The van der Waals surface area contributed by atoms with Crippen LogP contribution in [0.2, 0.25) is 0 Å². The van der Waals surface area contributed by atoms with Crippen molar-refractivity contribution in [3.63, 3.8) is 0 Å². The number of aliphatic hydroxyl groups excluding tert-OH is 2. The van der Waals surface area contributed by atoms with Crippen LogP contribution in [0.1, 0.15) is 105 Å². The predicted molar refractivity (Wildman–Crippen MR) is 135 cm³/mol. The van der Waals surface area contributed by atoms with E-state index in [1.165, 1.54) is 51.4 Å². The second-order valence-corrected chi connectivity index (χ2v) is 14.1. The molecule has 5 aliphatic carbocycles. The van der Waals surface area contributed by atoms with Gasteiger partial charge in [-0.3, -0.25) is 0 Å². The molecule has 5 fully saturated rings. The minimum atomic E-state index is -0.375. The van der Waals surface area contributed by atoms with Crippen LogP contribution in [0.5, 0.6) is 0 Å². The second kappa shape index (κ2) is 7.36. The highest BCUT2D eigenvalue weighted by Gasteiger charge is 2.82. The van der Waals surface area contributed by atoms with Crippen LogP contribution < -0.4 is 0 Å². The van der Waals surface area contributed by atoms with Crippen molar-refractivity contribution in [1.82, 2.24) is 0 Å². The summed E-state index contributed by atoms with van der Waals surface area (Å²) in [6.07, 6.45) is 19.1. The van der Waals surface area contributed by atoms with Crippen molar-refractivity contribution in [3.05, 3.63) is 12.2 Å². The van der Waals surface area contributed by atoms with Crippen molar-refractivity contribution >= 4 is 0 Å². The maximum absolute atomic E-state index is 10.9. The Morgan fingerprint density at radius 2 is 1.67 bits per heavy atom. The molecule has 0 aliphatic heterocycles. The smallest absolute Gasteiger partial charge is 0.0744 e. The highest BCUT2D eigenvalue weighted by atomic mass is 16.3. The second-order valence-electron chi connectivity index (χ2n) is 14.1. The first-order chi connectivity index (χ1) is 15.4. The fourth-order valence-electron chi connectivity index (χ4n) is 11.1. The van der Waals surface area contributed by atoms with Crippen molar-refractivity contribution < 1.29 is 10.2 Å². The van der Waals surface area contributed by atoms with Crippen molar-refractivity contribution in [3.8, 4) is 12.3 Å². The Balaban J connectivity index is 1.43. The average Bonchev–Trinajstić information content (AvgIpc) is 3.33. The van der Waals surface area contributed by atoms with Crippen LogP contribution in [0.4, 0.5) is 0 Å². The van der Waals surface area contributed by atoms with E-state index >= 15 is 0 Å². The van der Waals surface area contributed by atoms with Gasteiger partial charge in [-0.1, -0.05) is 45.8 Å². The van der Waals surface area contributed by atoms with Gasteiger partial charge in [-0.15, -0.1) is 6.42 Å². The minimum Gasteiger partial charge on any atom is -0.393 e. The summed E-state index contributed by atoms with van der Waals surface area (Å²) < 4.78 is 0. The molecule has 0 amide bonds. The molecule has 2 nitrogen and oxygen atoms in total. The van der Waals surface area contributed by atoms with Crippen molar-refractivity contribution in [1.29, 1.82) is 0 Å². The zero-order chi connectivity index (χ0) is 24.0. The van der Waals surface area contributed by atoms with Gasteiger partial charge >= 0.3 is 0 Å². The van der Waals surface area contributed by atoms with Gasteiger partial charge in [-0.25, -0.2) is 0 Å². The lowest BCUT2D eigenvalue weighted by Gasteiger charge is -2.62. The van der Waals surface area contributed by atoms with Crippen LogP contribution in [-0.4, -0.2) is 22.4 Å².